The van der Waals surface area contributed by atoms with Crippen LogP contribution >= 0.6 is 23.3 Å². The largest absolute Gasteiger partial charge is 0.293 e. The number of carbonyl (C=O) groups excluding carboxylic acids is 1. The Labute approximate surface area is 115 Å². The highest BCUT2D eigenvalue weighted by Crippen LogP contribution is 2.22. The van der Waals surface area contributed by atoms with E-state index in [9.17, 15) is 4.79 Å². The normalized spacial score (nSPS) is 10.6. The van der Waals surface area contributed by atoms with Gasteiger partial charge in [0.05, 0.1) is 5.75 Å². The first-order valence-electron chi connectivity index (χ1n) is 5.60. The number of nitrogens with zero attached hydrogens (tertiary/aromatic N) is 2. The van der Waals surface area contributed by atoms with Crippen molar-refractivity contribution in [3.05, 3.63) is 40.7 Å². The van der Waals surface area contributed by atoms with Gasteiger partial charge in [-0.15, -0.1) is 0 Å². The lowest BCUT2D eigenvalue weighted by Gasteiger charge is -2.04. The number of ketones is 1. The second kappa shape index (κ2) is 5.63. The minimum Gasteiger partial charge on any atom is -0.293 e. The smallest absolute Gasteiger partial charge is 0.173 e. The summed E-state index contributed by atoms with van der Waals surface area (Å²) in [4.78, 5) is 16.3. The van der Waals surface area contributed by atoms with E-state index in [4.69, 9.17) is 0 Å². The van der Waals surface area contributed by atoms with Gasteiger partial charge >= 0.3 is 0 Å². The van der Waals surface area contributed by atoms with Crippen molar-refractivity contribution < 1.29 is 4.79 Å². The maximum atomic E-state index is 12.1. The van der Waals surface area contributed by atoms with Crippen LogP contribution in [0.2, 0.25) is 0 Å². The number of Topliss-reactive ketones (excluding diaryl/α,β-unsaturated/α-hetero) is 1. The highest BCUT2D eigenvalue weighted by molar-refractivity contribution is 8.01. The topological polar surface area (TPSA) is 42.9 Å². The number of hydrogen-bond acceptors (Lipinski definition) is 5. The second-order valence-electron chi connectivity index (χ2n) is 4.14. The predicted octanol–water partition coefficient (Wildman–Crippen LogP) is 3.44. The molecule has 0 aliphatic rings. The van der Waals surface area contributed by atoms with E-state index in [0.29, 0.717) is 5.75 Å². The molecule has 94 valence electrons. The van der Waals surface area contributed by atoms with Crippen LogP contribution in [-0.4, -0.2) is 20.9 Å². The molecule has 1 aromatic carbocycles. The van der Waals surface area contributed by atoms with E-state index in [1.807, 2.05) is 39.0 Å². The van der Waals surface area contributed by atoms with Crippen molar-refractivity contribution in [1.82, 2.24) is 9.36 Å². The first kappa shape index (κ1) is 13.2. The molecule has 0 aliphatic heterocycles. The van der Waals surface area contributed by atoms with E-state index in [1.165, 1.54) is 28.9 Å². The quantitative estimate of drug-likeness (QED) is 0.634. The zero-order chi connectivity index (χ0) is 13.1. The summed E-state index contributed by atoms with van der Waals surface area (Å²) in [5, 5.41) is 0. The summed E-state index contributed by atoms with van der Waals surface area (Å²) < 4.78 is 4.95. The van der Waals surface area contributed by atoms with Crippen molar-refractivity contribution in [1.29, 1.82) is 0 Å². The first-order chi connectivity index (χ1) is 8.56. The van der Waals surface area contributed by atoms with Gasteiger partial charge in [0.2, 0.25) is 0 Å². The average molecular weight is 278 g/mol. The van der Waals surface area contributed by atoms with Crippen LogP contribution in [0.25, 0.3) is 0 Å². The first-order valence-corrected chi connectivity index (χ1v) is 7.36. The van der Waals surface area contributed by atoms with Gasteiger partial charge < -0.3 is 0 Å². The molecule has 3 nitrogen and oxygen atoms in total. The number of hydrogen-bond donors (Lipinski definition) is 0. The van der Waals surface area contributed by atoms with Crippen molar-refractivity contribution in [2.75, 3.05) is 5.75 Å². The summed E-state index contributed by atoms with van der Waals surface area (Å²) in [5.74, 6) is 1.32. The third-order valence-corrected chi connectivity index (χ3v) is 4.44. The van der Waals surface area contributed by atoms with Crippen LogP contribution < -0.4 is 0 Å². The maximum absolute atomic E-state index is 12.1. The summed E-state index contributed by atoms with van der Waals surface area (Å²) in [6, 6.07) is 5.91. The Morgan fingerprint density at radius 3 is 2.72 bits per heavy atom. The molecule has 0 unspecified atom stereocenters. The lowest BCUT2D eigenvalue weighted by atomic mass is 10.0. The molecule has 0 N–H and O–H groups in total. The Balaban J connectivity index is 2.03. The molecule has 0 atom stereocenters. The van der Waals surface area contributed by atoms with Crippen molar-refractivity contribution >= 4 is 29.1 Å². The van der Waals surface area contributed by atoms with E-state index in [2.05, 4.69) is 9.36 Å². The molecule has 0 aliphatic carbocycles. The summed E-state index contributed by atoms with van der Waals surface area (Å²) in [7, 11) is 0. The monoisotopic (exact) mass is 278 g/mol. The third kappa shape index (κ3) is 3.17. The Kier molecular flexibility index (Phi) is 4.14. The van der Waals surface area contributed by atoms with Crippen LogP contribution in [0.4, 0.5) is 0 Å². The molecular formula is C13H14N2OS2. The molecule has 1 heterocycles. The molecule has 1 aromatic heterocycles. The fourth-order valence-electron chi connectivity index (χ4n) is 1.67. The van der Waals surface area contributed by atoms with Crippen LogP contribution in [-0.2, 0) is 0 Å². The SMILES string of the molecule is Cc1ccc(C(=O)CSc2nc(C)ns2)c(C)c1. The van der Waals surface area contributed by atoms with Crippen LogP contribution in [0.15, 0.2) is 22.5 Å². The Bertz CT molecular complexity index is 578. The van der Waals surface area contributed by atoms with Crippen LogP contribution in [0.5, 0.6) is 0 Å². The van der Waals surface area contributed by atoms with Crippen LogP contribution in [0.3, 0.4) is 0 Å². The Morgan fingerprint density at radius 1 is 1.33 bits per heavy atom. The molecule has 0 bridgehead atoms. The third-order valence-electron chi connectivity index (χ3n) is 2.52. The van der Waals surface area contributed by atoms with E-state index < -0.39 is 0 Å². The highest BCUT2D eigenvalue weighted by Gasteiger charge is 2.11. The van der Waals surface area contributed by atoms with E-state index in [0.717, 1.165) is 21.3 Å². The molecule has 0 radical (unpaired) electrons. The number of carbonyl (C=O) groups is 1. The maximum Gasteiger partial charge on any atom is 0.173 e. The second-order valence-corrected chi connectivity index (χ2v) is 6.11. The molecule has 2 aromatic rings. The number of aromatic nitrogens is 2. The van der Waals surface area contributed by atoms with Crippen LogP contribution in [0, 0.1) is 20.8 Å². The Hall–Kier alpha value is -1.20. The van der Waals surface area contributed by atoms with Gasteiger partial charge in [-0.1, -0.05) is 35.5 Å². The Morgan fingerprint density at radius 2 is 2.11 bits per heavy atom. The standard InChI is InChI=1S/C13H14N2OS2/c1-8-4-5-11(9(2)6-8)12(16)7-17-13-14-10(3)15-18-13/h4-6H,7H2,1-3H3. The molecule has 2 rings (SSSR count). The lowest BCUT2D eigenvalue weighted by Crippen LogP contribution is -2.04. The summed E-state index contributed by atoms with van der Waals surface area (Å²) in [5.41, 5.74) is 3.01. The van der Waals surface area contributed by atoms with Crippen molar-refractivity contribution in [3.8, 4) is 0 Å². The molecule has 5 heteroatoms. The van der Waals surface area contributed by atoms with Gasteiger partial charge in [-0.2, -0.15) is 4.37 Å². The van der Waals surface area contributed by atoms with Crippen molar-refractivity contribution in [2.24, 2.45) is 0 Å². The van der Waals surface area contributed by atoms with Gasteiger partial charge in [-0.3, -0.25) is 4.79 Å². The number of benzene rings is 1. The van der Waals surface area contributed by atoms with Gasteiger partial charge in [-0.25, -0.2) is 4.98 Å². The van der Waals surface area contributed by atoms with Gasteiger partial charge in [0.1, 0.15) is 5.82 Å². The lowest BCUT2D eigenvalue weighted by molar-refractivity contribution is 0.102. The molecular weight excluding hydrogens is 264 g/mol. The van der Waals surface area contributed by atoms with E-state index in [-0.39, 0.29) is 5.78 Å². The minimum atomic E-state index is 0.144. The predicted molar refractivity (Wildman–Crippen MR) is 75.6 cm³/mol. The van der Waals surface area contributed by atoms with E-state index in [1.54, 1.807) is 0 Å². The number of rotatable bonds is 4. The summed E-state index contributed by atoms with van der Waals surface area (Å²) in [6.07, 6.45) is 0. The van der Waals surface area contributed by atoms with E-state index >= 15 is 0 Å². The molecule has 0 fully saturated rings. The van der Waals surface area contributed by atoms with Crippen molar-refractivity contribution in [3.63, 3.8) is 0 Å². The number of thioether (sulfide) groups is 1. The van der Waals surface area contributed by atoms with Gasteiger partial charge in [-0.05, 0) is 37.9 Å². The average Bonchev–Trinajstić information content (AvgIpc) is 2.72. The molecule has 18 heavy (non-hydrogen) atoms. The summed E-state index contributed by atoms with van der Waals surface area (Å²) >= 11 is 2.80. The van der Waals surface area contributed by atoms with Crippen LogP contribution in [0.1, 0.15) is 27.3 Å². The summed E-state index contributed by atoms with van der Waals surface area (Å²) in [6.45, 7) is 5.85. The zero-order valence-electron chi connectivity index (χ0n) is 10.6. The molecule has 0 spiro atoms. The highest BCUT2D eigenvalue weighted by atomic mass is 32.2. The fourth-order valence-corrected chi connectivity index (χ4v) is 3.20. The van der Waals surface area contributed by atoms with Crippen molar-refractivity contribution in [2.45, 2.75) is 25.1 Å². The molecule has 0 saturated heterocycles. The minimum absolute atomic E-state index is 0.144. The molecule has 0 amide bonds. The number of aryl methyl sites for hydroxylation is 3. The van der Waals surface area contributed by atoms with Gasteiger partial charge in [0.15, 0.2) is 10.1 Å². The van der Waals surface area contributed by atoms with Gasteiger partial charge in [0, 0.05) is 5.56 Å². The molecule has 0 saturated carbocycles. The van der Waals surface area contributed by atoms with Gasteiger partial charge in [0.25, 0.3) is 0 Å². The fraction of sp³-hybridized carbons (Fsp3) is 0.308. The zero-order valence-corrected chi connectivity index (χ0v) is 12.2.